The first-order chi connectivity index (χ1) is 11.6. The molecule has 1 amide bonds. The van der Waals surface area contributed by atoms with Gasteiger partial charge in [-0.1, -0.05) is 36.4 Å². The number of carbonyl (C=O) groups is 1. The normalized spacial score (nSPS) is 13.6. The molecule has 3 rings (SSSR count). The molecule has 0 aliphatic rings. The zero-order valence-corrected chi connectivity index (χ0v) is 13.6. The van der Waals surface area contributed by atoms with Crippen molar-refractivity contribution in [2.24, 2.45) is 0 Å². The molecule has 0 spiro atoms. The number of nitrogens with zero attached hydrogens (tertiary/aromatic N) is 2. The summed E-state index contributed by atoms with van der Waals surface area (Å²) >= 11 is 0. The number of amides is 1. The molecule has 0 fully saturated rings. The van der Waals surface area contributed by atoms with Gasteiger partial charge in [0.25, 0.3) is 5.91 Å². The molecule has 5 nitrogen and oxygen atoms in total. The summed E-state index contributed by atoms with van der Waals surface area (Å²) in [5, 5.41) is 12.7. The lowest BCUT2D eigenvalue weighted by atomic mass is 9.93. The molecule has 2 atom stereocenters. The van der Waals surface area contributed by atoms with Crippen molar-refractivity contribution in [2.45, 2.75) is 25.4 Å². The van der Waals surface area contributed by atoms with Crippen LogP contribution in [0.4, 0.5) is 0 Å². The van der Waals surface area contributed by atoms with Gasteiger partial charge in [-0.2, -0.15) is 0 Å². The van der Waals surface area contributed by atoms with Crippen LogP contribution in [-0.4, -0.2) is 33.0 Å². The summed E-state index contributed by atoms with van der Waals surface area (Å²) in [6.45, 7) is 2.23. The van der Waals surface area contributed by atoms with E-state index in [0.29, 0.717) is 18.7 Å². The van der Waals surface area contributed by atoms with Crippen molar-refractivity contribution in [3.05, 3.63) is 72.2 Å². The number of rotatable bonds is 6. The summed E-state index contributed by atoms with van der Waals surface area (Å²) in [4.78, 5) is 16.7. The van der Waals surface area contributed by atoms with Crippen molar-refractivity contribution in [1.82, 2.24) is 14.7 Å². The Hall–Kier alpha value is -2.66. The maximum Gasteiger partial charge on any atom is 0.269 e. The van der Waals surface area contributed by atoms with Gasteiger partial charge < -0.3 is 10.4 Å². The molecular formula is C19H21N3O2. The second-order valence-corrected chi connectivity index (χ2v) is 5.97. The lowest BCUT2D eigenvalue weighted by Gasteiger charge is -2.19. The maximum absolute atomic E-state index is 12.5. The van der Waals surface area contributed by atoms with Crippen LogP contribution in [0.1, 0.15) is 35.3 Å². The SMILES string of the molecule is CC(O)CC(CNC(=O)c1cnc2ccccn12)c1ccccc1. The molecular weight excluding hydrogens is 302 g/mol. The van der Waals surface area contributed by atoms with Gasteiger partial charge in [0.1, 0.15) is 11.3 Å². The van der Waals surface area contributed by atoms with E-state index in [0.717, 1.165) is 11.2 Å². The zero-order chi connectivity index (χ0) is 16.9. The number of hydrogen-bond acceptors (Lipinski definition) is 3. The molecule has 2 heterocycles. The Balaban J connectivity index is 1.73. The summed E-state index contributed by atoms with van der Waals surface area (Å²) in [7, 11) is 0. The molecule has 124 valence electrons. The number of hydrogen-bond donors (Lipinski definition) is 2. The third-order valence-corrected chi connectivity index (χ3v) is 4.06. The number of nitrogens with one attached hydrogen (secondary N) is 1. The van der Waals surface area contributed by atoms with Crippen LogP contribution in [0.5, 0.6) is 0 Å². The van der Waals surface area contributed by atoms with E-state index in [1.54, 1.807) is 17.5 Å². The molecule has 0 radical (unpaired) electrons. The number of fused-ring (bicyclic) bond motifs is 1. The summed E-state index contributed by atoms with van der Waals surface area (Å²) in [6, 6.07) is 15.6. The first-order valence-electron chi connectivity index (χ1n) is 8.08. The van der Waals surface area contributed by atoms with Crippen LogP contribution in [0, 0.1) is 0 Å². The van der Waals surface area contributed by atoms with Crippen molar-refractivity contribution < 1.29 is 9.90 Å². The van der Waals surface area contributed by atoms with Crippen molar-refractivity contribution >= 4 is 11.6 Å². The van der Waals surface area contributed by atoms with E-state index in [2.05, 4.69) is 10.3 Å². The number of pyridine rings is 1. The van der Waals surface area contributed by atoms with Crippen molar-refractivity contribution in [3.8, 4) is 0 Å². The molecule has 2 N–H and O–H groups in total. The van der Waals surface area contributed by atoms with Crippen LogP contribution in [0.15, 0.2) is 60.9 Å². The van der Waals surface area contributed by atoms with E-state index in [1.807, 2.05) is 54.7 Å². The number of imidazole rings is 1. The van der Waals surface area contributed by atoms with E-state index in [9.17, 15) is 9.90 Å². The van der Waals surface area contributed by atoms with Crippen LogP contribution in [0.2, 0.25) is 0 Å². The van der Waals surface area contributed by atoms with E-state index in [4.69, 9.17) is 0 Å². The van der Waals surface area contributed by atoms with Crippen molar-refractivity contribution in [3.63, 3.8) is 0 Å². The van der Waals surface area contributed by atoms with Gasteiger partial charge in [-0.15, -0.1) is 0 Å². The predicted octanol–water partition coefficient (Wildman–Crippen LogP) is 2.62. The van der Waals surface area contributed by atoms with Crippen LogP contribution in [-0.2, 0) is 0 Å². The Kier molecular flexibility index (Phi) is 4.91. The van der Waals surface area contributed by atoms with E-state index in [-0.39, 0.29) is 11.8 Å². The van der Waals surface area contributed by atoms with E-state index < -0.39 is 6.10 Å². The fourth-order valence-corrected chi connectivity index (χ4v) is 2.88. The van der Waals surface area contributed by atoms with Crippen molar-refractivity contribution in [1.29, 1.82) is 0 Å². The first kappa shape index (κ1) is 16.2. The molecule has 0 aliphatic carbocycles. The molecule has 0 bridgehead atoms. The monoisotopic (exact) mass is 323 g/mol. The number of aromatic nitrogens is 2. The fourth-order valence-electron chi connectivity index (χ4n) is 2.88. The lowest BCUT2D eigenvalue weighted by Crippen LogP contribution is -2.30. The van der Waals surface area contributed by atoms with Gasteiger partial charge in [-0.3, -0.25) is 9.20 Å². The van der Waals surface area contributed by atoms with Gasteiger partial charge in [0.05, 0.1) is 12.3 Å². The highest BCUT2D eigenvalue weighted by Gasteiger charge is 2.17. The minimum absolute atomic E-state index is 0.0642. The Morgan fingerprint density at radius 1 is 1.21 bits per heavy atom. The number of carbonyl (C=O) groups excluding carboxylic acids is 1. The first-order valence-corrected chi connectivity index (χ1v) is 8.08. The van der Waals surface area contributed by atoms with Gasteiger partial charge >= 0.3 is 0 Å². The predicted molar refractivity (Wildman–Crippen MR) is 93.0 cm³/mol. The van der Waals surface area contributed by atoms with Gasteiger partial charge in [0.15, 0.2) is 0 Å². The third kappa shape index (κ3) is 3.63. The maximum atomic E-state index is 12.5. The zero-order valence-electron chi connectivity index (χ0n) is 13.6. The Morgan fingerprint density at radius 3 is 2.71 bits per heavy atom. The Morgan fingerprint density at radius 2 is 1.96 bits per heavy atom. The van der Waals surface area contributed by atoms with Gasteiger partial charge in [-0.25, -0.2) is 4.98 Å². The van der Waals surface area contributed by atoms with Crippen molar-refractivity contribution in [2.75, 3.05) is 6.54 Å². The van der Waals surface area contributed by atoms with E-state index >= 15 is 0 Å². The van der Waals surface area contributed by atoms with Gasteiger partial charge in [-0.05, 0) is 31.0 Å². The summed E-state index contributed by atoms with van der Waals surface area (Å²) in [6.07, 6.45) is 3.57. The molecule has 2 unspecified atom stereocenters. The minimum atomic E-state index is -0.428. The summed E-state index contributed by atoms with van der Waals surface area (Å²) < 4.78 is 1.77. The minimum Gasteiger partial charge on any atom is -0.393 e. The summed E-state index contributed by atoms with van der Waals surface area (Å²) in [5.41, 5.74) is 2.36. The average Bonchev–Trinajstić information content (AvgIpc) is 3.03. The molecule has 0 aliphatic heterocycles. The lowest BCUT2D eigenvalue weighted by molar-refractivity contribution is 0.0940. The Bertz CT molecular complexity index is 812. The largest absolute Gasteiger partial charge is 0.393 e. The highest BCUT2D eigenvalue weighted by Crippen LogP contribution is 2.20. The standard InChI is InChI=1S/C19H21N3O2/c1-14(23)11-16(15-7-3-2-4-8-15)12-21-19(24)17-13-20-18-9-5-6-10-22(17)18/h2-10,13-14,16,23H,11-12H2,1H3,(H,21,24). The molecule has 24 heavy (non-hydrogen) atoms. The second kappa shape index (κ2) is 7.27. The highest BCUT2D eigenvalue weighted by molar-refractivity contribution is 5.93. The van der Waals surface area contributed by atoms with Gasteiger partial charge in [0, 0.05) is 18.7 Å². The number of benzene rings is 1. The second-order valence-electron chi connectivity index (χ2n) is 5.97. The topological polar surface area (TPSA) is 66.6 Å². The number of aliphatic hydroxyl groups is 1. The van der Waals surface area contributed by atoms with Crippen LogP contribution in [0.25, 0.3) is 5.65 Å². The average molecular weight is 323 g/mol. The molecule has 5 heteroatoms. The van der Waals surface area contributed by atoms with Crippen LogP contribution < -0.4 is 5.32 Å². The van der Waals surface area contributed by atoms with E-state index in [1.165, 1.54) is 0 Å². The quantitative estimate of drug-likeness (QED) is 0.733. The third-order valence-electron chi connectivity index (χ3n) is 4.06. The van der Waals surface area contributed by atoms with Crippen LogP contribution in [0.3, 0.4) is 0 Å². The molecule has 0 saturated carbocycles. The van der Waals surface area contributed by atoms with Crippen LogP contribution >= 0.6 is 0 Å². The summed E-state index contributed by atoms with van der Waals surface area (Å²) in [5.74, 6) is -0.102. The molecule has 3 aromatic rings. The highest BCUT2D eigenvalue weighted by atomic mass is 16.3. The molecule has 2 aromatic heterocycles. The molecule has 0 saturated heterocycles. The Labute approximate surface area is 141 Å². The number of aliphatic hydroxyl groups excluding tert-OH is 1. The van der Waals surface area contributed by atoms with Gasteiger partial charge in [0.2, 0.25) is 0 Å². The smallest absolute Gasteiger partial charge is 0.269 e. The fraction of sp³-hybridized carbons (Fsp3) is 0.263. The molecule has 1 aromatic carbocycles.